The van der Waals surface area contributed by atoms with Crippen LogP contribution in [0.1, 0.15) is 36.3 Å². The maximum atomic E-state index is 2.65. The van der Waals surface area contributed by atoms with Crippen molar-refractivity contribution in [1.29, 1.82) is 0 Å². The van der Waals surface area contributed by atoms with Gasteiger partial charge in [-0.2, -0.15) is 0 Å². The fraction of sp³-hybridized carbons (Fsp3) is 0.647. The number of aryl methyl sites for hydroxylation is 1. The van der Waals surface area contributed by atoms with E-state index in [1.54, 1.807) is 5.56 Å². The Morgan fingerprint density at radius 2 is 1.56 bits per heavy atom. The van der Waals surface area contributed by atoms with E-state index in [9.17, 15) is 0 Å². The van der Waals surface area contributed by atoms with E-state index in [1.165, 1.54) is 24.8 Å². The first-order valence-corrected chi connectivity index (χ1v) is 17.7. The topological polar surface area (TPSA) is 0 Å². The molecule has 0 unspecified atom stereocenters. The van der Waals surface area contributed by atoms with E-state index < -0.39 is 18.4 Å². The van der Waals surface area contributed by atoms with Crippen LogP contribution in [0.3, 0.4) is 0 Å². The molecule has 0 nitrogen and oxygen atoms in total. The molecule has 18 heavy (non-hydrogen) atoms. The molecule has 0 amide bonds. The van der Waals surface area contributed by atoms with Gasteiger partial charge in [0.2, 0.25) is 0 Å². The van der Waals surface area contributed by atoms with Crippen LogP contribution >= 0.6 is 0 Å². The van der Waals surface area contributed by atoms with E-state index in [1.807, 2.05) is 0 Å². The van der Waals surface area contributed by atoms with Crippen molar-refractivity contribution in [2.75, 3.05) is 0 Å². The standard InChI is InChI=1S/C14H17.3CH3.Sn/c1-10-2-5-12(6-3-10)14-9-11-4-7-13(14)8-11;;;;/h2-3,5-6,9,11,13-14H,4,7-8H2,1H3;3*1H3;/t11-,13+,14-;;;;/m1..../s1. The molecule has 0 aliphatic heterocycles. The van der Waals surface area contributed by atoms with Gasteiger partial charge in [-0.25, -0.2) is 0 Å². The summed E-state index contributed by atoms with van der Waals surface area (Å²) in [6.07, 6.45) is 4.57. The van der Waals surface area contributed by atoms with E-state index in [0.29, 0.717) is 0 Å². The number of fused-ring (bicyclic) bond motifs is 2. The molecule has 0 aromatic heterocycles. The van der Waals surface area contributed by atoms with Crippen molar-refractivity contribution in [2.24, 2.45) is 11.8 Å². The van der Waals surface area contributed by atoms with Crippen LogP contribution in [-0.4, -0.2) is 18.4 Å². The summed E-state index contributed by atoms with van der Waals surface area (Å²) in [5.74, 6) is 3.01. The molecule has 2 aliphatic carbocycles. The van der Waals surface area contributed by atoms with Crippen molar-refractivity contribution in [3.8, 4) is 0 Å². The number of benzene rings is 1. The van der Waals surface area contributed by atoms with Crippen molar-refractivity contribution in [3.63, 3.8) is 0 Å². The molecule has 98 valence electrons. The molecule has 4 atom stereocenters. The van der Waals surface area contributed by atoms with Crippen LogP contribution < -0.4 is 0 Å². The second-order valence-electron chi connectivity index (χ2n) is 7.66. The van der Waals surface area contributed by atoms with Crippen LogP contribution in [0.25, 0.3) is 0 Å². The molecule has 0 saturated heterocycles. The van der Waals surface area contributed by atoms with Crippen molar-refractivity contribution >= 4 is 18.4 Å². The Balaban J connectivity index is 1.96. The molecule has 3 rings (SSSR count). The number of rotatable bonds is 2. The normalized spacial score (nSPS) is 35.1. The fourth-order valence-electron chi connectivity index (χ4n) is 4.81. The van der Waals surface area contributed by atoms with Crippen molar-refractivity contribution in [1.82, 2.24) is 0 Å². The van der Waals surface area contributed by atoms with Gasteiger partial charge in [0.25, 0.3) is 0 Å². The molecule has 1 aromatic carbocycles. The predicted molar refractivity (Wildman–Crippen MR) is 81.8 cm³/mol. The Hall–Kier alpha value is 0.0187. The Kier molecular flexibility index (Phi) is 3.28. The first kappa shape index (κ1) is 13.0. The molecule has 1 aromatic rings. The molecule has 2 fully saturated rings. The predicted octanol–water partition coefficient (Wildman–Crippen LogP) is 5.22. The first-order chi connectivity index (χ1) is 8.47. The minimum atomic E-state index is -1.80. The second kappa shape index (κ2) is 4.54. The van der Waals surface area contributed by atoms with E-state index >= 15 is 0 Å². The molecule has 2 saturated carbocycles. The zero-order chi connectivity index (χ0) is 12.9. The monoisotopic (exact) mass is 350 g/mol. The van der Waals surface area contributed by atoms with Gasteiger partial charge in [0.15, 0.2) is 0 Å². The van der Waals surface area contributed by atoms with Gasteiger partial charge < -0.3 is 0 Å². The van der Waals surface area contributed by atoms with Crippen molar-refractivity contribution in [2.45, 2.75) is 50.9 Å². The Morgan fingerprint density at radius 3 is 2.17 bits per heavy atom. The molecule has 1 heteroatoms. The van der Waals surface area contributed by atoms with Crippen LogP contribution in [0.4, 0.5) is 0 Å². The Labute approximate surface area is 116 Å². The summed E-state index contributed by atoms with van der Waals surface area (Å²) in [6.45, 7) is 2.20. The molecular weight excluding hydrogens is 323 g/mol. The summed E-state index contributed by atoms with van der Waals surface area (Å²) in [7, 11) is 0. The SMILES string of the molecule is Cc1ccc([C@@H]2[C@H]3CC[C@H](C3)[C@@H]2[Sn]([CH3])([CH3])[CH3])cc1. The van der Waals surface area contributed by atoms with Gasteiger partial charge in [-0.1, -0.05) is 0 Å². The Bertz CT molecular complexity index is 426. The molecule has 2 aliphatic rings. The zero-order valence-electron chi connectivity index (χ0n) is 12.2. The van der Waals surface area contributed by atoms with E-state index in [2.05, 4.69) is 46.0 Å². The van der Waals surface area contributed by atoms with Crippen LogP contribution in [0.2, 0.25) is 18.8 Å². The van der Waals surface area contributed by atoms with Crippen molar-refractivity contribution in [3.05, 3.63) is 35.4 Å². The summed E-state index contributed by atoms with van der Waals surface area (Å²) in [6, 6.07) is 9.48. The maximum absolute atomic E-state index is 2.65. The molecule has 0 N–H and O–H groups in total. The van der Waals surface area contributed by atoms with Crippen LogP contribution in [0.15, 0.2) is 24.3 Å². The molecule has 0 heterocycles. The van der Waals surface area contributed by atoms with Gasteiger partial charge in [0.1, 0.15) is 0 Å². The van der Waals surface area contributed by atoms with Gasteiger partial charge in [0, 0.05) is 0 Å². The third-order valence-corrected chi connectivity index (χ3v) is 13.5. The molecule has 2 bridgehead atoms. The van der Waals surface area contributed by atoms with Crippen molar-refractivity contribution < 1.29 is 0 Å². The van der Waals surface area contributed by atoms with Crippen LogP contribution in [-0.2, 0) is 0 Å². The summed E-state index contributed by atoms with van der Waals surface area (Å²) in [5.41, 5.74) is 3.06. The van der Waals surface area contributed by atoms with Gasteiger partial charge in [-0.3, -0.25) is 0 Å². The number of hydrogen-bond donors (Lipinski definition) is 0. The number of hydrogen-bond acceptors (Lipinski definition) is 0. The van der Waals surface area contributed by atoms with E-state index in [-0.39, 0.29) is 0 Å². The summed E-state index contributed by atoms with van der Waals surface area (Å²) >= 11 is -1.80. The van der Waals surface area contributed by atoms with Crippen LogP contribution in [0.5, 0.6) is 0 Å². The molecular formula is C17H26Sn. The second-order valence-corrected chi connectivity index (χ2v) is 23.1. The van der Waals surface area contributed by atoms with E-state index in [4.69, 9.17) is 0 Å². The minimum absolute atomic E-state index is 0.917. The first-order valence-electron chi connectivity index (χ1n) is 7.53. The molecule has 0 radical (unpaired) electrons. The average molecular weight is 349 g/mol. The summed E-state index contributed by atoms with van der Waals surface area (Å²) < 4.78 is 1.10. The third-order valence-electron chi connectivity index (χ3n) is 5.38. The van der Waals surface area contributed by atoms with Gasteiger partial charge >= 0.3 is 116 Å². The Morgan fingerprint density at radius 1 is 0.944 bits per heavy atom. The third kappa shape index (κ3) is 2.15. The quantitative estimate of drug-likeness (QED) is 0.643. The summed E-state index contributed by atoms with van der Waals surface area (Å²) in [5, 5.41) is 0. The molecule has 0 spiro atoms. The van der Waals surface area contributed by atoms with Crippen LogP contribution in [0, 0.1) is 18.8 Å². The van der Waals surface area contributed by atoms with Gasteiger partial charge in [-0.05, 0) is 0 Å². The fourth-order valence-corrected chi connectivity index (χ4v) is 14.1. The zero-order valence-corrected chi connectivity index (χ0v) is 15.1. The van der Waals surface area contributed by atoms with Gasteiger partial charge in [0.05, 0.1) is 0 Å². The van der Waals surface area contributed by atoms with E-state index in [0.717, 1.165) is 21.7 Å². The van der Waals surface area contributed by atoms with Gasteiger partial charge in [-0.15, -0.1) is 0 Å². The average Bonchev–Trinajstić information content (AvgIpc) is 2.88. The summed E-state index contributed by atoms with van der Waals surface area (Å²) in [4.78, 5) is 7.96.